The number of nitrogens with zero attached hydrogens (tertiary/aromatic N) is 9. The molecule has 0 radical (unpaired) electrons. The van der Waals surface area contributed by atoms with Crippen molar-refractivity contribution < 1.29 is 0 Å². The van der Waals surface area contributed by atoms with Gasteiger partial charge in [-0.05, 0) is 50.7 Å². The summed E-state index contributed by atoms with van der Waals surface area (Å²) in [4.78, 5) is 28.0. The summed E-state index contributed by atoms with van der Waals surface area (Å²) in [6.45, 7) is 7.86. The van der Waals surface area contributed by atoms with Crippen molar-refractivity contribution in [2.24, 2.45) is 10.7 Å². The van der Waals surface area contributed by atoms with E-state index in [1.165, 1.54) is 6.33 Å². The number of rotatable bonds is 5. The lowest BCUT2D eigenvalue weighted by Gasteiger charge is -2.34. The van der Waals surface area contributed by atoms with E-state index in [0.29, 0.717) is 34.9 Å². The van der Waals surface area contributed by atoms with Crippen molar-refractivity contribution in [1.29, 1.82) is 0 Å². The van der Waals surface area contributed by atoms with Crippen LogP contribution in [0.3, 0.4) is 0 Å². The molecular weight excluding hydrogens is 490 g/mol. The number of nitrogen functional groups attached to an aromatic ring is 1. The molecule has 1 aliphatic heterocycles. The number of piperazine rings is 1. The molecule has 4 heterocycles. The highest BCUT2D eigenvalue weighted by molar-refractivity contribution is 5.98. The Bertz CT molecular complexity index is 1710. The highest BCUT2D eigenvalue weighted by atomic mass is 15.3. The number of anilines is 2. The Kier molecular flexibility index (Phi) is 6.27. The lowest BCUT2D eigenvalue weighted by atomic mass is 10.1. The summed E-state index contributed by atoms with van der Waals surface area (Å²) in [5.41, 5.74) is 18.8. The second-order valence-corrected chi connectivity index (χ2v) is 9.99. The van der Waals surface area contributed by atoms with Crippen LogP contribution in [0, 0.1) is 6.92 Å². The zero-order valence-corrected chi connectivity index (χ0v) is 22.3. The average Bonchev–Trinajstić information content (AvgIpc) is 3.29. The van der Waals surface area contributed by atoms with Crippen LogP contribution >= 0.6 is 0 Å². The highest BCUT2D eigenvalue weighted by Crippen LogP contribution is 2.33. The minimum atomic E-state index is 0.377. The van der Waals surface area contributed by atoms with Crippen LogP contribution in [0.4, 0.5) is 17.3 Å². The van der Waals surface area contributed by atoms with Crippen LogP contribution in [0.2, 0.25) is 0 Å². The molecule has 6 rings (SSSR count). The van der Waals surface area contributed by atoms with Gasteiger partial charge in [-0.3, -0.25) is 0 Å². The number of hydrogen-bond donors (Lipinski definition) is 2. The predicted molar refractivity (Wildman–Crippen MR) is 155 cm³/mol. The van der Waals surface area contributed by atoms with E-state index in [4.69, 9.17) is 26.5 Å². The molecular formula is C28H31N11. The van der Waals surface area contributed by atoms with E-state index in [1.54, 1.807) is 6.92 Å². The first-order valence-corrected chi connectivity index (χ1v) is 13.0. The molecule has 0 spiro atoms. The first kappa shape index (κ1) is 24.7. The fraction of sp³-hybridized carbons (Fsp3) is 0.286. The molecule has 11 nitrogen and oxygen atoms in total. The Balaban J connectivity index is 1.47. The summed E-state index contributed by atoms with van der Waals surface area (Å²) in [5.74, 6) is 1.76. The van der Waals surface area contributed by atoms with Gasteiger partial charge in [0.1, 0.15) is 23.5 Å². The molecule has 2 aromatic carbocycles. The van der Waals surface area contributed by atoms with Gasteiger partial charge in [-0.2, -0.15) is 5.10 Å². The van der Waals surface area contributed by atoms with Gasteiger partial charge in [-0.25, -0.2) is 29.6 Å². The molecule has 0 amide bonds. The fourth-order valence-corrected chi connectivity index (χ4v) is 5.01. The molecule has 0 aliphatic carbocycles. The van der Waals surface area contributed by atoms with Crippen LogP contribution in [0.25, 0.3) is 33.3 Å². The van der Waals surface area contributed by atoms with Crippen molar-refractivity contribution in [2.75, 3.05) is 43.9 Å². The molecule has 39 heavy (non-hydrogen) atoms. The quantitative estimate of drug-likeness (QED) is 0.264. The Morgan fingerprint density at radius 3 is 2.46 bits per heavy atom. The number of nitrogens with two attached hydrogens (primary N) is 2. The van der Waals surface area contributed by atoms with Gasteiger partial charge in [-0.1, -0.05) is 18.2 Å². The maximum Gasteiger partial charge on any atom is 0.164 e. The van der Waals surface area contributed by atoms with E-state index in [0.717, 1.165) is 65.5 Å². The number of para-hydroxylation sites is 2. The number of likely N-dealkylation sites (N-methyl/N-ethyl adjacent to an activating group) is 1. The van der Waals surface area contributed by atoms with Crippen molar-refractivity contribution in [3.8, 4) is 11.3 Å². The van der Waals surface area contributed by atoms with Gasteiger partial charge < -0.3 is 21.3 Å². The summed E-state index contributed by atoms with van der Waals surface area (Å²) < 4.78 is 1.85. The van der Waals surface area contributed by atoms with Gasteiger partial charge in [-0.15, -0.1) is 0 Å². The van der Waals surface area contributed by atoms with Crippen molar-refractivity contribution in [1.82, 2.24) is 34.6 Å². The molecule has 1 fully saturated rings. The monoisotopic (exact) mass is 521 g/mol. The molecule has 1 saturated heterocycles. The van der Waals surface area contributed by atoms with Gasteiger partial charge in [0.05, 0.1) is 34.5 Å². The number of hydrogen-bond acceptors (Lipinski definition) is 9. The SMILES string of the molecule is CC(N)=Nc1ccc(-c2nn(Cc3nc4ccccc4nc3N3CCN(C)CC3)c3ncnc(N)c23)cc1C. The van der Waals surface area contributed by atoms with Crippen LogP contribution in [-0.2, 0) is 6.54 Å². The second-order valence-electron chi connectivity index (χ2n) is 9.99. The Labute approximate surface area is 226 Å². The van der Waals surface area contributed by atoms with Gasteiger partial charge >= 0.3 is 0 Å². The number of aryl methyl sites for hydroxylation is 1. The zero-order chi connectivity index (χ0) is 27.1. The number of fused-ring (bicyclic) bond motifs is 2. The fourth-order valence-electron chi connectivity index (χ4n) is 5.01. The first-order valence-electron chi connectivity index (χ1n) is 13.0. The summed E-state index contributed by atoms with van der Waals surface area (Å²) >= 11 is 0. The Morgan fingerprint density at radius 2 is 1.74 bits per heavy atom. The zero-order valence-electron chi connectivity index (χ0n) is 22.3. The Hall–Kier alpha value is -4.64. The van der Waals surface area contributed by atoms with E-state index >= 15 is 0 Å². The molecule has 1 aliphatic rings. The minimum absolute atomic E-state index is 0.377. The van der Waals surface area contributed by atoms with Crippen molar-refractivity contribution in [3.05, 3.63) is 60.0 Å². The summed E-state index contributed by atoms with van der Waals surface area (Å²) in [5, 5.41) is 5.71. The van der Waals surface area contributed by atoms with E-state index in [-0.39, 0.29) is 0 Å². The summed E-state index contributed by atoms with van der Waals surface area (Å²) in [7, 11) is 2.14. The Morgan fingerprint density at radius 1 is 1.00 bits per heavy atom. The van der Waals surface area contributed by atoms with Gasteiger partial charge in [0, 0.05) is 31.7 Å². The van der Waals surface area contributed by atoms with Crippen LogP contribution in [0.5, 0.6) is 0 Å². The molecule has 0 unspecified atom stereocenters. The maximum absolute atomic E-state index is 6.39. The van der Waals surface area contributed by atoms with Gasteiger partial charge in [0.25, 0.3) is 0 Å². The third kappa shape index (κ3) is 4.72. The maximum atomic E-state index is 6.39. The largest absolute Gasteiger partial charge is 0.387 e. The molecule has 4 N–H and O–H groups in total. The number of aliphatic imine (C=N–C) groups is 1. The van der Waals surface area contributed by atoms with E-state index in [9.17, 15) is 0 Å². The number of amidine groups is 1. The number of benzene rings is 2. The van der Waals surface area contributed by atoms with Crippen LogP contribution in [0.1, 0.15) is 18.2 Å². The summed E-state index contributed by atoms with van der Waals surface area (Å²) in [6.07, 6.45) is 1.47. The highest BCUT2D eigenvalue weighted by Gasteiger charge is 2.23. The molecule has 11 heteroatoms. The third-order valence-electron chi connectivity index (χ3n) is 7.05. The van der Waals surface area contributed by atoms with Gasteiger partial charge in [0.15, 0.2) is 11.5 Å². The topological polar surface area (TPSA) is 140 Å². The van der Waals surface area contributed by atoms with Crippen LogP contribution in [0.15, 0.2) is 53.8 Å². The van der Waals surface area contributed by atoms with Crippen LogP contribution < -0.4 is 16.4 Å². The number of aromatic nitrogens is 6. The smallest absolute Gasteiger partial charge is 0.164 e. The van der Waals surface area contributed by atoms with Crippen molar-refractivity contribution in [2.45, 2.75) is 20.4 Å². The predicted octanol–water partition coefficient (Wildman–Crippen LogP) is 3.14. The third-order valence-corrected chi connectivity index (χ3v) is 7.05. The lowest BCUT2D eigenvalue weighted by molar-refractivity contribution is 0.311. The molecule has 198 valence electrons. The lowest BCUT2D eigenvalue weighted by Crippen LogP contribution is -2.45. The van der Waals surface area contributed by atoms with Crippen molar-refractivity contribution in [3.63, 3.8) is 0 Å². The molecule has 5 aromatic rings. The van der Waals surface area contributed by atoms with E-state index < -0.39 is 0 Å². The van der Waals surface area contributed by atoms with Crippen molar-refractivity contribution >= 4 is 45.2 Å². The van der Waals surface area contributed by atoms with Gasteiger partial charge in [0.2, 0.25) is 0 Å². The van der Waals surface area contributed by atoms with E-state index in [2.05, 4.69) is 31.8 Å². The van der Waals surface area contributed by atoms with E-state index in [1.807, 2.05) is 54.1 Å². The average molecular weight is 522 g/mol. The molecule has 0 saturated carbocycles. The first-order chi connectivity index (χ1) is 18.9. The van der Waals surface area contributed by atoms with Crippen LogP contribution in [-0.4, -0.2) is 73.7 Å². The normalized spacial score (nSPS) is 14.9. The molecule has 0 atom stereocenters. The molecule has 0 bridgehead atoms. The minimum Gasteiger partial charge on any atom is -0.387 e. The second kappa shape index (κ2) is 9.91. The standard InChI is InChI=1S/C28H31N11/c1-17-14-19(8-9-20(17)33-18(2)29)25-24-26(30)31-16-32-28(24)39(36-25)15-23-27(38-12-10-37(3)11-13-38)35-22-7-5-4-6-21(22)34-23/h4-9,14,16H,10-13,15H2,1-3H3,(H2,29,33)(H2,30,31,32). The molecule has 3 aromatic heterocycles. The summed E-state index contributed by atoms with van der Waals surface area (Å²) in [6, 6.07) is 13.9.